The van der Waals surface area contributed by atoms with Crippen LogP contribution in [0.5, 0.6) is 0 Å². The molecule has 0 amide bonds. The Morgan fingerprint density at radius 3 is 2.29 bits per heavy atom. The number of pyridine rings is 1. The van der Waals surface area contributed by atoms with E-state index in [0.717, 1.165) is 11.8 Å². The molecular formula is C15H26N2. The van der Waals surface area contributed by atoms with Gasteiger partial charge >= 0.3 is 0 Å². The van der Waals surface area contributed by atoms with Crippen LogP contribution in [0.25, 0.3) is 0 Å². The van der Waals surface area contributed by atoms with Crippen LogP contribution in [0.2, 0.25) is 0 Å². The summed E-state index contributed by atoms with van der Waals surface area (Å²) in [7, 11) is 0. The molecule has 0 radical (unpaired) electrons. The molecule has 2 atom stereocenters. The largest absolute Gasteiger partial charge is 0.383 e. The summed E-state index contributed by atoms with van der Waals surface area (Å²) < 4.78 is 0. The lowest BCUT2D eigenvalue weighted by molar-refractivity contribution is 0.335. The van der Waals surface area contributed by atoms with Gasteiger partial charge in [-0.2, -0.15) is 0 Å². The minimum absolute atomic E-state index is 0.533. The van der Waals surface area contributed by atoms with Crippen molar-refractivity contribution in [1.82, 2.24) is 4.98 Å². The molecule has 0 aliphatic heterocycles. The minimum atomic E-state index is 0.533. The Bertz CT molecular complexity index is 295. The predicted molar refractivity (Wildman–Crippen MR) is 75.2 cm³/mol. The van der Waals surface area contributed by atoms with E-state index in [0.29, 0.717) is 6.04 Å². The minimum Gasteiger partial charge on any atom is -0.383 e. The van der Waals surface area contributed by atoms with Crippen LogP contribution < -0.4 is 5.32 Å². The summed E-state index contributed by atoms with van der Waals surface area (Å²) in [4.78, 5) is 4.02. The Balaban J connectivity index is 2.32. The van der Waals surface area contributed by atoms with E-state index in [2.05, 4.69) is 38.0 Å². The highest BCUT2D eigenvalue weighted by Gasteiger charge is 2.12. The van der Waals surface area contributed by atoms with E-state index in [-0.39, 0.29) is 0 Å². The number of aromatic nitrogens is 1. The first-order chi connectivity index (χ1) is 8.13. The summed E-state index contributed by atoms with van der Waals surface area (Å²) >= 11 is 0. The summed E-state index contributed by atoms with van der Waals surface area (Å²) in [5.74, 6) is 1.66. The second-order valence-corrected chi connectivity index (χ2v) is 5.27. The second-order valence-electron chi connectivity index (χ2n) is 5.27. The van der Waals surface area contributed by atoms with Gasteiger partial charge in [0.15, 0.2) is 0 Å². The summed E-state index contributed by atoms with van der Waals surface area (Å²) in [6.45, 7) is 9.21. The maximum Gasteiger partial charge on any atom is 0.0373 e. The first-order valence-corrected chi connectivity index (χ1v) is 6.80. The normalized spacial score (nSPS) is 14.6. The molecule has 0 aromatic carbocycles. The highest BCUT2D eigenvalue weighted by Crippen LogP contribution is 2.22. The van der Waals surface area contributed by atoms with Gasteiger partial charge in [-0.3, -0.25) is 4.98 Å². The highest BCUT2D eigenvalue weighted by atomic mass is 14.9. The van der Waals surface area contributed by atoms with Gasteiger partial charge in [0.25, 0.3) is 0 Å². The fraction of sp³-hybridized carbons (Fsp3) is 0.667. The van der Waals surface area contributed by atoms with Crippen molar-refractivity contribution in [2.75, 3.05) is 5.32 Å². The zero-order chi connectivity index (χ0) is 12.7. The van der Waals surface area contributed by atoms with Crippen molar-refractivity contribution in [3.63, 3.8) is 0 Å². The van der Waals surface area contributed by atoms with Crippen molar-refractivity contribution in [2.24, 2.45) is 11.8 Å². The Morgan fingerprint density at radius 2 is 1.76 bits per heavy atom. The van der Waals surface area contributed by atoms with Crippen molar-refractivity contribution in [3.8, 4) is 0 Å². The maximum absolute atomic E-state index is 4.02. The Kier molecular flexibility index (Phi) is 6.03. The summed E-state index contributed by atoms with van der Waals surface area (Å²) in [5, 5.41) is 3.52. The first kappa shape index (κ1) is 14.0. The van der Waals surface area contributed by atoms with E-state index >= 15 is 0 Å². The predicted octanol–water partition coefficient (Wildman–Crippen LogP) is 4.34. The van der Waals surface area contributed by atoms with E-state index in [4.69, 9.17) is 0 Å². The molecule has 1 aromatic rings. The van der Waals surface area contributed by atoms with Gasteiger partial charge in [0.05, 0.1) is 0 Å². The van der Waals surface area contributed by atoms with Crippen molar-refractivity contribution in [3.05, 3.63) is 24.5 Å². The number of hydrogen-bond donors (Lipinski definition) is 1. The van der Waals surface area contributed by atoms with Crippen LogP contribution in [0.4, 0.5) is 5.69 Å². The monoisotopic (exact) mass is 234 g/mol. The molecule has 2 nitrogen and oxygen atoms in total. The molecule has 0 saturated heterocycles. The molecule has 17 heavy (non-hydrogen) atoms. The average Bonchev–Trinajstić information content (AvgIpc) is 2.30. The van der Waals surface area contributed by atoms with E-state index in [9.17, 15) is 0 Å². The number of nitrogens with zero attached hydrogens (tertiary/aromatic N) is 1. The molecule has 0 spiro atoms. The smallest absolute Gasteiger partial charge is 0.0373 e. The van der Waals surface area contributed by atoms with Gasteiger partial charge in [-0.15, -0.1) is 0 Å². The molecule has 1 N–H and O–H groups in total. The molecule has 1 heterocycles. The van der Waals surface area contributed by atoms with Crippen LogP contribution in [-0.4, -0.2) is 11.0 Å². The molecule has 2 heteroatoms. The summed E-state index contributed by atoms with van der Waals surface area (Å²) in [6.07, 6.45) is 7.50. The standard InChI is InChI=1S/C15H26N2/c1-5-14(12(2)3)7-6-13(4)17-15-8-10-16-11-9-15/h8-14H,5-7H2,1-4H3,(H,16,17). The lowest BCUT2D eigenvalue weighted by Gasteiger charge is -2.22. The van der Waals surface area contributed by atoms with Gasteiger partial charge in [-0.25, -0.2) is 0 Å². The van der Waals surface area contributed by atoms with Gasteiger partial charge in [0.1, 0.15) is 0 Å². The zero-order valence-electron chi connectivity index (χ0n) is 11.6. The van der Waals surface area contributed by atoms with Crippen LogP contribution in [-0.2, 0) is 0 Å². The molecule has 1 aromatic heterocycles. The fourth-order valence-corrected chi connectivity index (χ4v) is 2.28. The third-order valence-corrected chi connectivity index (χ3v) is 3.53. The van der Waals surface area contributed by atoms with Crippen LogP contribution >= 0.6 is 0 Å². The van der Waals surface area contributed by atoms with Crippen LogP contribution in [0.15, 0.2) is 24.5 Å². The van der Waals surface area contributed by atoms with Crippen molar-refractivity contribution < 1.29 is 0 Å². The summed E-state index contributed by atoms with van der Waals surface area (Å²) in [5.41, 5.74) is 1.17. The Labute approximate surface area is 106 Å². The molecule has 0 fully saturated rings. The Morgan fingerprint density at radius 1 is 1.12 bits per heavy atom. The molecule has 0 aliphatic rings. The highest BCUT2D eigenvalue weighted by molar-refractivity contribution is 5.41. The van der Waals surface area contributed by atoms with Gasteiger partial charge < -0.3 is 5.32 Å². The van der Waals surface area contributed by atoms with E-state index < -0.39 is 0 Å². The van der Waals surface area contributed by atoms with Crippen LogP contribution in [0, 0.1) is 11.8 Å². The molecule has 0 aliphatic carbocycles. The lowest BCUT2D eigenvalue weighted by Crippen LogP contribution is -2.18. The number of nitrogens with one attached hydrogen (secondary N) is 1. The van der Waals surface area contributed by atoms with Gasteiger partial charge in [0, 0.05) is 24.1 Å². The van der Waals surface area contributed by atoms with E-state index in [1.54, 1.807) is 0 Å². The molecule has 1 rings (SSSR count). The maximum atomic E-state index is 4.02. The summed E-state index contributed by atoms with van der Waals surface area (Å²) in [6, 6.07) is 4.58. The van der Waals surface area contributed by atoms with Gasteiger partial charge in [-0.1, -0.05) is 27.2 Å². The number of rotatable bonds is 7. The third kappa shape index (κ3) is 5.20. The SMILES string of the molecule is CCC(CCC(C)Nc1ccncc1)C(C)C. The second kappa shape index (κ2) is 7.31. The molecule has 0 bridgehead atoms. The van der Waals surface area contributed by atoms with Gasteiger partial charge in [0.2, 0.25) is 0 Å². The van der Waals surface area contributed by atoms with Crippen LogP contribution in [0.1, 0.15) is 47.0 Å². The molecule has 96 valence electrons. The van der Waals surface area contributed by atoms with E-state index in [1.807, 2.05) is 24.5 Å². The zero-order valence-corrected chi connectivity index (χ0v) is 11.6. The van der Waals surface area contributed by atoms with Crippen molar-refractivity contribution in [1.29, 1.82) is 0 Å². The molecule has 2 unspecified atom stereocenters. The third-order valence-electron chi connectivity index (χ3n) is 3.53. The topological polar surface area (TPSA) is 24.9 Å². The van der Waals surface area contributed by atoms with Crippen LogP contribution in [0.3, 0.4) is 0 Å². The average molecular weight is 234 g/mol. The quantitative estimate of drug-likeness (QED) is 0.759. The van der Waals surface area contributed by atoms with Crippen molar-refractivity contribution in [2.45, 2.75) is 53.0 Å². The lowest BCUT2D eigenvalue weighted by atomic mass is 9.88. The number of hydrogen-bond acceptors (Lipinski definition) is 2. The van der Waals surface area contributed by atoms with Crippen molar-refractivity contribution >= 4 is 5.69 Å². The van der Waals surface area contributed by atoms with Gasteiger partial charge in [-0.05, 0) is 43.7 Å². The number of anilines is 1. The van der Waals surface area contributed by atoms with E-state index in [1.165, 1.54) is 24.9 Å². The molecular weight excluding hydrogens is 208 g/mol. The fourth-order valence-electron chi connectivity index (χ4n) is 2.28. The Hall–Kier alpha value is -1.05. The first-order valence-electron chi connectivity index (χ1n) is 6.80. The molecule has 0 saturated carbocycles.